The smallest absolute Gasteiger partial charge is 0.0595 e. The lowest BCUT2D eigenvalue weighted by atomic mass is 9.60. The van der Waals surface area contributed by atoms with Gasteiger partial charge in [-0.25, -0.2) is 0 Å². The molecule has 0 bridgehead atoms. The molecule has 2 N–H and O–H groups in total. The van der Waals surface area contributed by atoms with E-state index in [-0.39, 0.29) is 11.5 Å². The molecule has 0 saturated heterocycles. The van der Waals surface area contributed by atoms with E-state index in [1.165, 1.54) is 12.0 Å². The fraction of sp³-hybridized carbons (Fsp3) is 0.500. The molecule has 3 atom stereocenters. The zero-order valence-electron chi connectivity index (χ0n) is 9.01. The molecule has 1 aromatic rings. The molecule has 2 rings (SSSR count). The molecular formula is C12H14Cl2IN. The molecule has 16 heavy (non-hydrogen) atoms. The molecule has 0 amide bonds. The van der Waals surface area contributed by atoms with Gasteiger partial charge in [0.25, 0.3) is 0 Å². The predicted octanol–water partition coefficient (Wildman–Crippen LogP) is 4.18. The molecule has 0 radical (unpaired) electrons. The van der Waals surface area contributed by atoms with Gasteiger partial charge in [-0.15, -0.1) is 0 Å². The van der Waals surface area contributed by atoms with E-state index in [2.05, 4.69) is 35.6 Å². The van der Waals surface area contributed by atoms with Gasteiger partial charge in [-0.05, 0) is 37.5 Å². The van der Waals surface area contributed by atoms with E-state index in [0.29, 0.717) is 14.0 Å². The van der Waals surface area contributed by atoms with Crippen LogP contribution in [0.1, 0.15) is 25.3 Å². The second kappa shape index (κ2) is 4.63. The van der Waals surface area contributed by atoms with Gasteiger partial charge in [0.2, 0.25) is 0 Å². The van der Waals surface area contributed by atoms with E-state index in [1.807, 2.05) is 12.1 Å². The summed E-state index contributed by atoms with van der Waals surface area (Å²) in [5.41, 5.74) is 7.47. The third-order valence-electron chi connectivity index (χ3n) is 3.64. The number of rotatable bonds is 2. The zero-order valence-corrected chi connectivity index (χ0v) is 12.7. The van der Waals surface area contributed by atoms with Crippen LogP contribution in [0, 0.1) is 0 Å². The van der Waals surface area contributed by atoms with Crippen molar-refractivity contribution in [2.75, 3.05) is 0 Å². The quantitative estimate of drug-likeness (QED) is 0.614. The molecule has 1 aromatic carbocycles. The summed E-state index contributed by atoms with van der Waals surface area (Å²) in [6.07, 6.45) is 2.36. The van der Waals surface area contributed by atoms with Crippen LogP contribution in [0.15, 0.2) is 18.2 Å². The summed E-state index contributed by atoms with van der Waals surface area (Å²) in [6.45, 7) is 2.08. The maximum Gasteiger partial charge on any atom is 0.0595 e. The van der Waals surface area contributed by atoms with Gasteiger partial charge in [-0.3, -0.25) is 0 Å². The molecule has 0 spiro atoms. The van der Waals surface area contributed by atoms with Crippen LogP contribution in [-0.4, -0.2) is 9.97 Å². The third kappa shape index (κ3) is 1.88. The van der Waals surface area contributed by atoms with Gasteiger partial charge in [0, 0.05) is 15.4 Å². The van der Waals surface area contributed by atoms with E-state index in [9.17, 15) is 0 Å². The standard InChI is InChI=1S/C12H14Cl2IN/c1-7(16)12(5-4-11(12)15)8-2-3-9(13)10(14)6-8/h2-3,6-7,11H,4-5,16H2,1H3. The summed E-state index contributed by atoms with van der Waals surface area (Å²) in [4.78, 5) is 0. The van der Waals surface area contributed by atoms with Crippen LogP contribution in [-0.2, 0) is 5.41 Å². The van der Waals surface area contributed by atoms with E-state index < -0.39 is 0 Å². The molecule has 0 aromatic heterocycles. The molecule has 3 unspecified atom stereocenters. The van der Waals surface area contributed by atoms with Crippen LogP contribution >= 0.6 is 45.8 Å². The highest BCUT2D eigenvalue weighted by Crippen LogP contribution is 2.51. The van der Waals surface area contributed by atoms with E-state index in [4.69, 9.17) is 28.9 Å². The topological polar surface area (TPSA) is 26.0 Å². The minimum atomic E-state index is 0.0782. The van der Waals surface area contributed by atoms with E-state index in [0.717, 1.165) is 6.42 Å². The highest BCUT2D eigenvalue weighted by Gasteiger charge is 2.49. The molecule has 1 fully saturated rings. The summed E-state index contributed by atoms with van der Waals surface area (Å²) < 4.78 is 0.586. The number of nitrogens with two attached hydrogens (primary N) is 1. The predicted molar refractivity (Wildman–Crippen MR) is 78.8 cm³/mol. The van der Waals surface area contributed by atoms with E-state index in [1.54, 1.807) is 0 Å². The van der Waals surface area contributed by atoms with Crippen molar-refractivity contribution < 1.29 is 0 Å². The first-order valence-corrected chi connectivity index (χ1v) is 7.34. The molecule has 0 heterocycles. The lowest BCUT2D eigenvalue weighted by molar-refractivity contribution is 0.229. The van der Waals surface area contributed by atoms with Gasteiger partial charge >= 0.3 is 0 Å². The Labute approximate surface area is 120 Å². The molecule has 1 saturated carbocycles. The van der Waals surface area contributed by atoms with Gasteiger partial charge in [0.1, 0.15) is 0 Å². The van der Waals surface area contributed by atoms with Gasteiger partial charge < -0.3 is 5.73 Å². The molecule has 4 heteroatoms. The number of benzene rings is 1. The minimum Gasteiger partial charge on any atom is -0.327 e. The monoisotopic (exact) mass is 369 g/mol. The average molecular weight is 370 g/mol. The van der Waals surface area contributed by atoms with Gasteiger partial charge in [-0.1, -0.05) is 51.9 Å². The summed E-state index contributed by atoms with van der Waals surface area (Å²) >= 11 is 14.5. The fourth-order valence-electron chi connectivity index (χ4n) is 2.45. The Hall–Kier alpha value is 0.490. The van der Waals surface area contributed by atoms with Gasteiger partial charge in [-0.2, -0.15) is 0 Å². The lowest BCUT2D eigenvalue weighted by Gasteiger charge is -2.50. The Morgan fingerprint density at radius 2 is 2.12 bits per heavy atom. The first-order valence-electron chi connectivity index (χ1n) is 5.33. The molecule has 88 valence electrons. The Bertz CT molecular complexity index is 401. The van der Waals surface area contributed by atoms with Crippen molar-refractivity contribution in [3.8, 4) is 0 Å². The maximum atomic E-state index is 6.16. The number of hydrogen-bond donors (Lipinski definition) is 1. The zero-order chi connectivity index (χ0) is 11.9. The van der Waals surface area contributed by atoms with Crippen molar-refractivity contribution in [2.24, 2.45) is 5.73 Å². The summed E-state index contributed by atoms with van der Waals surface area (Å²) in [5.74, 6) is 0. The lowest BCUT2D eigenvalue weighted by Crippen LogP contribution is -2.56. The normalized spacial score (nSPS) is 30.9. The second-order valence-electron chi connectivity index (χ2n) is 4.46. The van der Waals surface area contributed by atoms with Crippen LogP contribution in [0.3, 0.4) is 0 Å². The minimum absolute atomic E-state index is 0.0782. The van der Waals surface area contributed by atoms with Crippen molar-refractivity contribution in [1.29, 1.82) is 0 Å². The van der Waals surface area contributed by atoms with Gasteiger partial charge in [0.15, 0.2) is 0 Å². The molecule has 1 nitrogen and oxygen atoms in total. The fourth-order valence-corrected chi connectivity index (χ4v) is 4.30. The number of hydrogen-bond acceptors (Lipinski definition) is 1. The Morgan fingerprint density at radius 1 is 1.44 bits per heavy atom. The molecule has 1 aliphatic carbocycles. The molecule has 1 aliphatic rings. The summed E-state index contributed by atoms with van der Waals surface area (Å²) in [6, 6.07) is 6.03. The Morgan fingerprint density at radius 3 is 2.50 bits per heavy atom. The van der Waals surface area contributed by atoms with Crippen LogP contribution in [0.5, 0.6) is 0 Å². The maximum absolute atomic E-state index is 6.16. The van der Waals surface area contributed by atoms with Crippen molar-refractivity contribution in [3.05, 3.63) is 33.8 Å². The third-order valence-corrected chi connectivity index (χ3v) is 6.11. The largest absolute Gasteiger partial charge is 0.327 e. The van der Waals surface area contributed by atoms with Crippen molar-refractivity contribution in [2.45, 2.75) is 35.1 Å². The van der Waals surface area contributed by atoms with Crippen LogP contribution in [0.25, 0.3) is 0 Å². The first-order chi connectivity index (χ1) is 7.48. The van der Waals surface area contributed by atoms with Crippen LogP contribution in [0.4, 0.5) is 0 Å². The SMILES string of the molecule is CC(N)C1(c2ccc(Cl)c(Cl)c2)CCC1I. The second-order valence-corrected chi connectivity index (χ2v) is 6.78. The highest BCUT2D eigenvalue weighted by molar-refractivity contribution is 14.1. The van der Waals surface area contributed by atoms with Crippen LogP contribution < -0.4 is 5.73 Å². The number of alkyl halides is 1. The molecule has 0 aliphatic heterocycles. The Kier molecular flexibility index (Phi) is 3.75. The Balaban J connectivity index is 2.44. The average Bonchev–Trinajstić information content (AvgIpc) is 2.21. The summed E-state index contributed by atoms with van der Waals surface area (Å²) in [5, 5.41) is 1.23. The van der Waals surface area contributed by atoms with Crippen molar-refractivity contribution in [3.63, 3.8) is 0 Å². The summed E-state index contributed by atoms with van der Waals surface area (Å²) in [7, 11) is 0. The van der Waals surface area contributed by atoms with Gasteiger partial charge in [0.05, 0.1) is 10.0 Å². The number of halogens is 3. The van der Waals surface area contributed by atoms with Crippen LogP contribution in [0.2, 0.25) is 10.0 Å². The molecular weight excluding hydrogens is 356 g/mol. The first kappa shape index (κ1) is 12.9. The highest BCUT2D eigenvalue weighted by atomic mass is 127. The van der Waals surface area contributed by atoms with Crippen molar-refractivity contribution in [1.82, 2.24) is 0 Å². The van der Waals surface area contributed by atoms with Crippen molar-refractivity contribution >= 4 is 45.8 Å². The van der Waals surface area contributed by atoms with E-state index >= 15 is 0 Å².